The van der Waals surface area contributed by atoms with Crippen molar-refractivity contribution in [1.29, 1.82) is 0 Å². The fraction of sp³-hybridized carbons (Fsp3) is 0.231. The predicted molar refractivity (Wildman–Crippen MR) is 82.5 cm³/mol. The van der Waals surface area contributed by atoms with Crippen molar-refractivity contribution in [2.75, 3.05) is 6.61 Å². The minimum Gasteiger partial charge on any atom is -0.493 e. The third-order valence-electron chi connectivity index (χ3n) is 2.39. The summed E-state index contributed by atoms with van der Waals surface area (Å²) < 4.78 is 12.7. The summed E-state index contributed by atoms with van der Waals surface area (Å²) in [4.78, 5) is 0.0239. The fourth-order valence-corrected chi connectivity index (χ4v) is 2.94. The van der Waals surface area contributed by atoms with Crippen molar-refractivity contribution < 1.29 is 9.15 Å². The Balaban J connectivity index is 2.26. The molecule has 0 radical (unpaired) electrons. The molecule has 1 aromatic heterocycles. The second-order valence-electron chi connectivity index (χ2n) is 3.63. The first-order valence-electron chi connectivity index (χ1n) is 5.43. The Labute approximate surface area is 131 Å². The summed E-state index contributed by atoms with van der Waals surface area (Å²) in [7, 11) is 0. The lowest BCUT2D eigenvalue weighted by Crippen LogP contribution is -1.95. The van der Waals surface area contributed by atoms with Crippen LogP contribution in [0.15, 0.2) is 43.9 Å². The maximum Gasteiger partial charge on any atom is 0.169 e. The lowest BCUT2D eigenvalue weighted by atomic mass is 10.1. The molecule has 0 aliphatic rings. The summed E-state index contributed by atoms with van der Waals surface area (Å²) in [6, 6.07) is 9.82. The van der Waals surface area contributed by atoms with Crippen LogP contribution in [0.4, 0.5) is 0 Å². The first kappa shape index (κ1) is 14.2. The van der Waals surface area contributed by atoms with Crippen LogP contribution in [-0.2, 0) is 0 Å². The summed E-state index contributed by atoms with van der Waals surface area (Å²) in [6.45, 7) is 2.62. The Hall–Kier alpha value is -0.260. The maximum atomic E-state index is 5.54. The van der Waals surface area contributed by atoms with E-state index in [9.17, 15) is 0 Å². The fourth-order valence-electron chi connectivity index (χ4n) is 1.58. The van der Waals surface area contributed by atoms with E-state index in [1.807, 2.05) is 37.3 Å². The molecule has 18 heavy (non-hydrogen) atoms. The molecule has 1 unspecified atom stereocenters. The van der Waals surface area contributed by atoms with Crippen molar-refractivity contribution in [1.82, 2.24) is 0 Å². The average Bonchev–Trinajstić information content (AvgIpc) is 2.78. The van der Waals surface area contributed by atoms with E-state index >= 15 is 0 Å². The quantitative estimate of drug-likeness (QED) is 0.572. The van der Waals surface area contributed by atoms with E-state index < -0.39 is 0 Å². The number of alkyl halides is 1. The van der Waals surface area contributed by atoms with Gasteiger partial charge < -0.3 is 9.15 Å². The Morgan fingerprint density at radius 2 is 2.00 bits per heavy atom. The van der Waals surface area contributed by atoms with Crippen LogP contribution >= 0.6 is 47.8 Å². The van der Waals surface area contributed by atoms with E-state index in [0.29, 0.717) is 6.61 Å². The number of hydrogen-bond donors (Lipinski definition) is 0. The average molecular weight is 439 g/mol. The van der Waals surface area contributed by atoms with Gasteiger partial charge in [-0.3, -0.25) is 0 Å². The summed E-state index contributed by atoms with van der Waals surface area (Å²) in [5.41, 5.74) is 1.10. The molecule has 2 aromatic rings. The minimum absolute atomic E-state index is 0.0239. The summed E-state index contributed by atoms with van der Waals surface area (Å²) in [5.74, 6) is 1.71. The van der Waals surface area contributed by atoms with Crippen LogP contribution in [0.1, 0.15) is 23.1 Å². The largest absolute Gasteiger partial charge is 0.493 e. The lowest BCUT2D eigenvalue weighted by molar-refractivity contribution is 0.338. The van der Waals surface area contributed by atoms with Crippen LogP contribution in [0.5, 0.6) is 5.75 Å². The highest BCUT2D eigenvalue weighted by Gasteiger charge is 2.15. The van der Waals surface area contributed by atoms with E-state index in [2.05, 4.69) is 47.8 Å². The molecule has 0 fully saturated rings. The van der Waals surface area contributed by atoms with E-state index in [1.165, 1.54) is 0 Å². The van der Waals surface area contributed by atoms with Crippen molar-refractivity contribution in [3.63, 3.8) is 0 Å². The summed E-state index contributed by atoms with van der Waals surface area (Å²) in [5, 5.41) is 0. The Kier molecular flexibility index (Phi) is 4.92. The van der Waals surface area contributed by atoms with Crippen LogP contribution in [0, 0.1) is 0 Å². The van der Waals surface area contributed by atoms with Gasteiger partial charge in [0.2, 0.25) is 0 Å². The molecular formula is C13H11Br3O2. The molecule has 1 heterocycles. The second-order valence-corrected chi connectivity index (χ2v) is 6.18. The second kappa shape index (κ2) is 6.26. The van der Waals surface area contributed by atoms with Crippen molar-refractivity contribution in [3.05, 3.63) is 50.8 Å². The Morgan fingerprint density at radius 3 is 2.56 bits per heavy atom. The van der Waals surface area contributed by atoms with Crippen molar-refractivity contribution in [2.24, 2.45) is 0 Å². The predicted octanol–water partition coefficient (Wildman–Crippen LogP) is 5.69. The standard InChI is InChI=1S/C13H11Br3O2/c1-2-17-10-4-3-8(7-9(10)14)13(16)11-5-6-12(15)18-11/h3-7,13H,2H2,1H3. The first-order chi connectivity index (χ1) is 8.61. The molecular weight excluding hydrogens is 428 g/mol. The van der Waals surface area contributed by atoms with Crippen molar-refractivity contribution >= 4 is 47.8 Å². The van der Waals surface area contributed by atoms with Crippen LogP contribution in [0.2, 0.25) is 0 Å². The SMILES string of the molecule is CCOc1ccc(C(Br)c2ccc(Br)o2)cc1Br. The molecule has 0 amide bonds. The van der Waals surface area contributed by atoms with Crippen LogP contribution in [-0.4, -0.2) is 6.61 Å². The van der Waals surface area contributed by atoms with Gasteiger partial charge in [0, 0.05) is 0 Å². The topological polar surface area (TPSA) is 22.4 Å². The van der Waals surface area contributed by atoms with Crippen LogP contribution < -0.4 is 4.74 Å². The van der Waals surface area contributed by atoms with Crippen LogP contribution in [0.25, 0.3) is 0 Å². The van der Waals surface area contributed by atoms with Gasteiger partial charge in [0.25, 0.3) is 0 Å². The zero-order valence-electron chi connectivity index (χ0n) is 9.62. The van der Waals surface area contributed by atoms with Gasteiger partial charge in [0.15, 0.2) is 4.67 Å². The third-order valence-corrected chi connectivity index (χ3v) is 4.42. The number of hydrogen-bond acceptors (Lipinski definition) is 2. The van der Waals surface area contributed by atoms with Gasteiger partial charge in [0.1, 0.15) is 11.5 Å². The van der Waals surface area contributed by atoms with Gasteiger partial charge >= 0.3 is 0 Å². The highest BCUT2D eigenvalue weighted by molar-refractivity contribution is 9.10. The molecule has 96 valence electrons. The zero-order chi connectivity index (χ0) is 13.1. The molecule has 0 saturated carbocycles. The smallest absolute Gasteiger partial charge is 0.169 e. The molecule has 0 N–H and O–H groups in total. The minimum atomic E-state index is 0.0239. The molecule has 1 aromatic carbocycles. The van der Waals surface area contributed by atoms with Gasteiger partial charge in [-0.05, 0) is 68.6 Å². The molecule has 2 nitrogen and oxygen atoms in total. The first-order valence-corrected chi connectivity index (χ1v) is 7.93. The molecule has 1 atom stereocenters. The highest BCUT2D eigenvalue weighted by Crippen LogP contribution is 2.36. The number of halogens is 3. The van der Waals surface area contributed by atoms with Crippen molar-refractivity contribution in [2.45, 2.75) is 11.8 Å². The van der Waals surface area contributed by atoms with Gasteiger partial charge in [-0.1, -0.05) is 22.0 Å². The third kappa shape index (κ3) is 3.19. The number of rotatable bonds is 4. The lowest BCUT2D eigenvalue weighted by Gasteiger charge is -2.11. The van der Waals surface area contributed by atoms with Gasteiger partial charge in [-0.2, -0.15) is 0 Å². The molecule has 2 rings (SSSR count). The zero-order valence-corrected chi connectivity index (χ0v) is 14.4. The molecule has 0 spiro atoms. The molecule has 0 bridgehead atoms. The van der Waals surface area contributed by atoms with E-state index in [4.69, 9.17) is 9.15 Å². The normalized spacial score (nSPS) is 12.4. The van der Waals surface area contributed by atoms with Crippen molar-refractivity contribution in [3.8, 4) is 5.75 Å². The Bertz CT molecular complexity index is 537. The summed E-state index contributed by atoms with van der Waals surface area (Å²) >= 11 is 10.4. The molecule has 0 aliphatic heterocycles. The van der Waals surface area contributed by atoms with Gasteiger partial charge in [-0.25, -0.2) is 0 Å². The van der Waals surface area contributed by atoms with E-state index in [0.717, 1.165) is 26.2 Å². The molecule has 0 saturated heterocycles. The molecule has 0 aliphatic carbocycles. The van der Waals surface area contributed by atoms with Gasteiger partial charge in [-0.15, -0.1) is 0 Å². The monoisotopic (exact) mass is 436 g/mol. The number of ether oxygens (including phenoxy) is 1. The summed E-state index contributed by atoms with van der Waals surface area (Å²) in [6.07, 6.45) is 0. The van der Waals surface area contributed by atoms with Gasteiger partial charge in [0.05, 0.1) is 15.9 Å². The van der Waals surface area contributed by atoms with E-state index in [-0.39, 0.29) is 4.83 Å². The Morgan fingerprint density at radius 1 is 1.22 bits per heavy atom. The number of benzene rings is 1. The number of furan rings is 1. The maximum absolute atomic E-state index is 5.54. The molecule has 5 heteroatoms. The highest BCUT2D eigenvalue weighted by atomic mass is 79.9. The van der Waals surface area contributed by atoms with E-state index in [1.54, 1.807) is 0 Å². The van der Waals surface area contributed by atoms with Crippen LogP contribution in [0.3, 0.4) is 0 Å².